The van der Waals surface area contributed by atoms with Gasteiger partial charge in [-0.2, -0.15) is 0 Å². The van der Waals surface area contributed by atoms with Crippen LogP contribution in [0.3, 0.4) is 0 Å². The highest BCUT2D eigenvalue weighted by Gasteiger charge is 2.04. The summed E-state index contributed by atoms with van der Waals surface area (Å²) in [6.07, 6.45) is 5.67. The third-order valence-electron chi connectivity index (χ3n) is 1.62. The van der Waals surface area contributed by atoms with Crippen molar-refractivity contribution in [3.05, 3.63) is 11.8 Å². The first-order valence-corrected chi connectivity index (χ1v) is 3.97. The highest BCUT2D eigenvalue weighted by Crippen LogP contribution is 2.14. The first-order chi connectivity index (χ1) is 5.20. The third-order valence-corrected chi connectivity index (χ3v) is 1.62. The largest absolute Gasteiger partial charge is 0.249 e. The molecule has 1 rings (SSSR count). The molecular formula is C9H14N2. The standard InChI is InChI=1S/C9H14N2/c1-7(2)9-4-8(3)5-10-6-11-9/h4-8H,1-3H3. The van der Waals surface area contributed by atoms with Crippen LogP contribution in [-0.4, -0.2) is 12.6 Å². The monoisotopic (exact) mass is 150 g/mol. The van der Waals surface area contributed by atoms with E-state index in [0.29, 0.717) is 11.8 Å². The summed E-state index contributed by atoms with van der Waals surface area (Å²) in [4.78, 5) is 8.23. The topological polar surface area (TPSA) is 24.7 Å². The fourth-order valence-corrected chi connectivity index (χ4v) is 0.971. The lowest BCUT2D eigenvalue weighted by Crippen LogP contribution is -1.95. The molecule has 0 radical (unpaired) electrons. The Labute approximate surface area is 67.8 Å². The summed E-state index contributed by atoms with van der Waals surface area (Å²) in [5.41, 5.74) is 1.13. The van der Waals surface area contributed by atoms with E-state index in [0.717, 1.165) is 5.70 Å². The number of hydrogen-bond donors (Lipinski definition) is 0. The summed E-state index contributed by atoms with van der Waals surface area (Å²) in [5.74, 6) is 0.908. The van der Waals surface area contributed by atoms with E-state index in [1.54, 1.807) is 6.34 Å². The molecule has 60 valence electrons. The van der Waals surface area contributed by atoms with Gasteiger partial charge in [-0.15, -0.1) is 0 Å². The van der Waals surface area contributed by atoms with Gasteiger partial charge in [-0.1, -0.05) is 26.8 Å². The fraction of sp³-hybridized carbons (Fsp3) is 0.556. The van der Waals surface area contributed by atoms with Gasteiger partial charge in [-0.25, -0.2) is 9.98 Å². The van der Waals surface area contributed by atoms with E-state index in [-0.39, 0.29) is 0 Å². The molecule has 0 bridgehead atoms. The van der Waals surface area contributed by atoms with Gasteiger partial charge in [0.2, 0.25) is 0 Å². The van der Waals surface area contributed by atoms with Gasteiger partial charge < -0.3 is 0 Å². The Bertz CT molecular complexity index is 212. The third kappa shape index (κ3) is 2.30. The minimum absolute atomic E-state index is 0.412. The molecule has 2 heteroatoms. The van der Waals surface area contributed by atoms with Crippen LogP contribution in [0, 0.1) is 11.8 Å². The van der Waals surface area contributed by atoms with Crippen molar-refractivity contribution in [2.75, 3.05) is 0 Å². The van der Waals surface area contributed by atoms with Crippen LogP contribution in [-0.2, 0) is 0 Å². The zero-order valence-electron chi connectivity index (χ0n) is 7.28. The molecule has 0 aromatic carbocycles. The molecule has 0 spiro atoms. The van der Waals surface area contributed by atoms with E-state index in [4.69, 9.17) is 0 Å². The Kier molecular flexibility index (Phi) is 2.58. The predicted octanol–water partition coefficient (Wildman–Crippen LogP) is 2.28. The molecule has 1 aliphatic rings. The Balaban J connectivity index is 2.80. The van der Waals surface area contributed by atoms with Gasteiger partial charge in [0, 0.05) is 17.8 Å². The molecule has 1 atom stereocenters. The molecule has 0 aromatic heterocycles. The Morgan fingerprint density at radius 2 is 2.18 bits per heavy atom. The van der Waals surface area contributed by atoms with Crippen LogP contribution >= 0.6 is 0 Å². The van der Waals surface area contributed by atoms with Gasteiger partial charge in [0.05, 0.1) is 0 Å². The molecule has 0 aromatic rings. The van der Waals surface area contributed by atoms with Crippen LogP contribution in [0.1, 0.15) is 20.8 Å². The van der Waals surface area contributed by atoms with E-state index >= 15 is 0 Å². The maximum Gasteiger partial charge on any atom is 0.115 e. The van der Waals surface area contributed by atoms with E-state index in [9.17, 15) is 0 Å². The lowest BCUT2D eigenvalue weighted by atomic mass is 10.1. The van der Waals surface area contributed by atoms with Crippen molar-refractivity contribution < 1.29 is 0 Å². The van der Waals surface area contributed by atoms with Crippen LogP contribution in [0.15, 0.2) is 21.8 Å². The lowest BCUT2D eigenvalue weighted by Gasteiger charge is -2.04. The van der Waals surface area contributed by atoms with Gasteiger partial charge in [0.1, 0.15) is 6.34 Å². The van der Waals surface area contributed by atoms with E-state index in [2.05, 4.69) is 36.8 Å². The van der Waals surface area contributed by atoms with Gasteiger partial charge in [0.15, 0.2) is 0 Å². The fourth-order valence-electron chi connectivity index (χ4n) is 0.971. The maximum atomic E-state index is 4.21. The molecule has 0 aliphatic carbocycles. The van der Waals surface area contributed by atoms with Crippen LogP contribution in [0.4, 0.5) is 0 Å². The first kappa shape index (κ1) is 8.18. The van der Waals surface area contributed by atoms with Crippen molar-refractivity contribution in [1.29, 1.82) is 0 Å². The summed E-state index contributed by atoms with van der Waals surface area (Å²) < 4.78 is 0. The average Bonchev–Trinajstić information content (AvgIpc) is 2.13. The SMILES string of the molecule is CC1C=NC=NC(C(C)C)=C1. The molecule has 2 nitrogen and oxygen atoms in total. The summed E-state index contributed by atoms with van der Waals surface area (Å²) in [7, 11) is 0. The van der Waals surface area contributed by atoms with E-state index < -0.39 is 0 Å². The van der Waals surface area contributed by atoms with Gasteiger partial charge in [-0.05, 0) is 5.92 Å². The zero-order chi connectivity index (χ0) is 8.27. The molecule has 0 saturated carbocycles. The van der Waals surface area contributed by atoms with Crippen molar-refractivity contribution in [3.63, 3.8) is 0 Å². The van der Waals surface area contributed by atoms with Crippen LogP contribution in [0.5, 0.6) is 0 Å². The minimum atomic E-state index is 0.412. The normalized spacial score (nSPS) is 23.6. The Hall–Kier alpha value is -0.920. The summed E-state index contributed by atoms with van der Waals surface area (Å²) >= 11 is 0. The highest BCUT2D eigenvalue weighted by molar-refractivity contribution is 5.76. The second kappa shape index (κ2) is 3.46. The zero-order valence-corrected chi connectivity index (χ0v) is 7.28. The first-order valence-electron chi connectivity index (χ1n) is 3.97. The van der Waals surface area contributed by atoms with Crippen LogP contribution in [0.25, 0.3) is 0 Å². The van der Waals surface area contributed by atoms with Crippen LogP contribution in [0.2, 0.25) is 0 Å². The van der Waals surface area contributed by atoms with E-state index in [1.165, 1.54) is 0 Å². The smallest absolute Gasteiger partial charge is 0.115 e. The maximum absolute atomic E-state index is 4.21. The minimum Gasteiger partial charge on any atom is -0.249 e. The molecule has 0 saturated heterocycles. The highest BCUT2D eigenvalue weighted by atomic mass is 14.9. The second-order valence-corrected chi connectivity index (χ2v) is 3.15. The number of nitrogens with zero attached hydrogens (tertiary/aromatic N) is 2. The summed E-state index contributed by atoms with van der Waals surface area (Å²) in [6.45, 7) is 6.39. The number of rotatable bonds is 1. The number of hydrogen-bond acceptors (Lipinski definition) is 2. The van der Waals surface area contributed by atoms with Crippen molar-refractivity contribution >= 4 is 12.6 Å². The molecular weight excluding hydrogens is 136 g/mol. The van der Waals surface area contributed by atoms with Crippen molar-refractivity contribution in [2.24, 2.45) is 21.8 Å². The molecule has 0 fully saturated rings. The van der Waals surface area contributed by atoms with Crippen LogP contribution < -0.4 is 0 Å². The van der Waals surface area contributed by atoms with E-state index in [1.807, 2.05) is 6.21 Å². The molecule has 1 aliphatic heterocycles. The summed E-state index contributed by atoms with van der Waals surface area (Å²) in [6, 6.07) is 0. The Morgan fingerprint density at radius 1 is 1.45 bits per heavy atom. The number of allylic oxidation sites excluding steroid dienone is 2. The van der Waals surface area contributed by atoms with Gasteiger partial charge in [0.25, 0.3) is 0 Å². The van der Waals surface area contributed by atoms with Gasteiger partial charge >= 0.3 is 0 Å². The van der Waals surface area contributed by atoms with Gasteiger partial charge in [-0.3, -0.25) is 0 Å². The number of aliphatic imine (C=N–C) groups is 2. The van der Waals surface area contributed by atoms with Crippen molar-refractivity contribution in [1.82, 2.24) is 0 Å². The Morgan fingerprint density at radius 3 is 2.82 bits per heavy atom. The molecule has 0 amide bonds. The summed E-state index contributed by atoms with van der Waals surface area (Å²) in [5, 5.41) is 0. The predicted molar refractivity (Wildman–Crippen MR) is 49.1 cm³/mol. The van der Waals surface area contributed by atoms with Crippen molar-refractivity contribution in [2.45, 2.75) is 20.8 Å². The quantitative estimate of drug-likeness (QED) is 0.548. The second-order valence-electron chi connectivity index (χ2n) is 3.15. The molecule has 1 unspecified atom stereocenters. The molecule has 1 heterocycles. The van der Waals surface area contributed by atoms with Crippen molar-refractivity contribution in [3.8, 4) is 0 Å². The molecule has 0 N–H and O–H groups in total. The molecule has 11 heavy (non-hydrogen) atoms. The average molecular weight is 150 g/mol. The lowest BCUT2D eigenvalue weighted by molar-refractivity contribution is 0.747.